The maximum atomic E-state index is 14.3. The zero-order chi connectivity index (χ0) is 39.6. The third-order valence-electron chi connectivity index (χ3n) is 11.1. The van der Waals surface area contributed by atoms with Gasteiger partial charge in [0.1, 0.15) is 23.9 Å². The number of para-hydroxylation sites is 1. The van der Waals surface area contributed by atoms with Crippen LogP contribution in [0.2, 0.25) is 0 Å². The topological polar surface area (TPSA) is 147 Å². The highest BCUT2D eigenvalue weighted by atomic mass is 32.1. The molecule has 0 radical (unpaired) electrons. The Morgan fingerprint density at radius 3 is 2.59 bits per heavy atom. The van der Waals surface area contributed by atoms with E-state index < -0.39 is 31.6 Å². The van der Waals surface area contributed by atoms with Crippen molar-refractivity contribution < 1.29 is 33.0 Å². The number of carbonyl (C=O) groups is 4. The number of nitrogens with zero attached hydrogens (tertiary/aromatic N) is 3. The number of pyridine rings is 1. The summed E-state index contributed by atoms with van der Waals surface area (Å²) in [6.07, 6.45) is 6.98. The lowest BCUT2D eigenvalue weighted by Gasteiger charge is -2.43. The number of fused-ring (bicyclic) bond motifs is 2. The molecule has 14 heteroatoms. The van der Waals surface area contributed by atoms with Crippen LogP contribution in [0.25, 0.3) is 10.1 Å². The molecule has 0 bridgehead atoms. The van der Waals surface area contributed by atoms with Gasteiger partial charge in [0.15, 0.2) is 0 Å². The van der Waals surface area contributed by atoms with Crippen LogP contribution in [-0.4, -0.2) is 82.3 Å². The largest absolute Gasteiger partial charge is 0.465 e. The van der Waals surface area contributed by atoms with Crippen molar-refractivity contribution in [3.63, 3.8) is 0 Å². The molecule has 7 rings (SSSR count). The number of ether oxygens (including phenoxy) is 1. The molecule has 0 saturated carbocycles. The number of nitrogens with one attached hydrogen (secondary N) is 2. The third kappa shape index (κ3) is 8.70. The molecule has 56 heavy (non-hydrogen) atoms. The van der Waals surface area contributed by atoms with Gasteiger partial charge in [0, 0.05) is 42.1 Å². The number of aromatic nitrogens is 1. The summed E-state index contributed by atoms with van der Waals surface area (Å²) in [6, 6.07) is 15.9. The van der Waals surface area contributed by atoms with Gasteiger partial charge in [-0.2, -0.15) is 0 Å². The number of hydrogen-bond donors (Lipinski definition) is 2. The number of aryl methyl sites for hydroxylation is 1. The van der Waals surface area contributed by atoms with Crippen LogP contribution in [0.3, 0.4) is 0 Å². The molecule has 3 saturated heterocycles. The molecule has 0 aliphatic carbocycles. The Morgan fingerprint density at radius 1 is 1.05 bits per heavy atom. The van der Waals surface area contributed by atoms with E-state index in [2.05, 4.69) is 29.2 Å². The van der Waals surface area contributed by atoms with Gasteiger partial charge in [-0.05, 0) is 110 Å². The predicted molar refractivity (Wildman–Crippen MR) is 216 cm³/mol. The first kappa shape index (κ1) is 39.6. The Balaban J connectivity index is 1.03. The summed E-state index contributed by atoms with van der Waals surface area (Å²) in [5.41, 5.74) is 3.01. The van der Waals surface area contributed by atoms with Crippen molar-refractivity contribution in [3.8, 4) is 5.75 Å². The van der Waals surface area contributed by atoms with Crippen molar-refractivity contribution in [2.75, 3.05) is 19.7 Å². The van der Waals surface area contributed by atoms with E-state index >= 15 is 0 Å². The van der Waals surface area contributed by atoms with Crippen LogP contribution in [0.15, 0.2) is 73.1 Å². The monoisotopic (exact) mass is 799 g/mol. The van der Waals surface area contributed by atoms with Gasteiger partial charge >= 0.3 is 13.5 Å². The van der Waals surface area contributed by atoms with Gasteiger partial charge in [-0.1, -0.05) is 38.1 Å². The Hall–Kier alpha value is -4.58. The second-order valence-electron chi connectivity index (χ2n) is 15.5. The van der Waals surface area contributed by atoms with Gasteiger partial charge in [-0.15, -0.1) is 11.3 Å². The molecule has 2 N–H and O–H groups in total. The lowest BCUT2D eigenvalue weighted by molar-refractivity contribution is -0.148. The Kier molecular flexibility index (Phi) is 11.9. The van der Waals surface area contributed by atoms with Crippen LogP contribution in [0, 0.1) is 12.8 Å². The molecule has 6 atom stereocenters. The number of likely N-dealkylation sites (tertiary alicyclic amines) is 1. The van der Waals surface area contributed by atoms with Gasteiger partial charge in [0.25, 0.3) is 5.91 Å². The van der Waals surface area contributed by atoms with Crippen LogP contribution in [0.1, 0.15) is 85.2 Å². The molecular weight excluding hydrogens is 750 g/mol. The van der Waals surface area contributed by atoms with Crippen molar-refractivity contribution >= 4 is 52.6 Å². The van der Waals surface area contributed by atoms with E-state index in [1.807, 2.05) is 48.4 Å². The van der Waals surface area contributed by atoms with Crippen LogP contribution in [0.5, 0.6) is 5.75 Å². The molecule has 5 heterocycles. The molecule has 296 valence electrons. The quantitative estimate of drug-likeness (QED) is 0.110. The fourth-order valence-corrected chi connectivity index (χ4v) is 11.2. The number of benzene rings is 2. The first-order valence-corrected chi connectivity index (χ1v) is 22.2. The number of esters is 1. The summed E-state index contributed by atoms with van der Waals surface area (Å²) < 4.78 is 26.5. The van der Waals surface area contributed by atoms with Gasteiger partial charge in [0.05, 0.1) is 17.6 Å². The van der Waals surface area contributed by atoms with Crippen LogP contribution >= 0.6 is 18.9 Å². The van der Waals surface area contributed by atoms with Crippen LogP contribution in [0.4, 0.5) is 0 Å². The van der Waals surface area contributed by atoms with E-state index in [4.69, 9.17) is 9.26 Å². The standard InChI is InChI=1S/C42H50N5O7PS/c1-5-17-53-42(51)28(4)45-55(52,54-33-9-7-6-8-10-33)25-29-11-14-37-30(20-29)21-38(56-37)39(48)44-35-19-26(2)18-32-12-13-36(47(32)40(35)49)41(50)46-23-31(24-46)34-22-43-16-15-27(34)3/h6-11,14-16,20-22,26,28,31-32,35-36H,5,12-13,17-19,23-25H2,1-4H3,(H,44,48)(H,45,52)/t26-,28-,32?,35-,36-,55?/m0/s1. The second-order valence-corrected chi connectivity index (χ2v) is 18.7. The zero-order valence-electron chi connectivity index (χ0n) is 32.3. The molecule has 3 fully saturated rings. The number of amides is 3. The van der Waals surface area contributed by atoms with Gasteiger partial charge in [0.2, 0.25) is 11.8 Å². The normalized spacial score (nSPS) is 22.8. The summed E-state index contributed by atoms with van der Waals surface area (Å²) in [6.45, 7) is 9.14. The van der Waals surface area contributed by atoms with Crippen LogP contribution in [-0.2, 0) is 29.8 Å². The smallest absolute Gasteiger partial charge is 0.323 e. The highest BCUT2D eigenvalue weighted by Crippen LogP contribution is 2.47. The molecule has 2 aromatic carbocycles. The second kappa shape index (κ2) is 16.9. The third-order valence-corrected chi connectivity index (χ3v) is 14.2. The molecule has 12 nitrogen and oxygen atoms in total. The van der Waals surface area contributed by atoms with Gasteiger partial charge in [-0.3, -0.25) is 28.7 Å². The maximum Gasteiger partial charge on any atom is 0.323 e. The van der Waals surface area contributed by atoms with E-state index in [1.54, 1.807) is 48.4 Å². The predicted octanol–water partition coefficient (Wildman–Crippen LogP) is 6.82. The molecule has 2 unspecified atom stereocenters. The number of hydrogen-bond acceptors (Lipinski definition) is 9. The minimum atomic E-state index is -3.68. The number of carbonyl (C=O) groups excluding carboxylic acids is 4. The summed E-state index contributed by atoms with van der Waals surface area (Å²) in [5, 5.41) is 6.73. The van der Waals surface area contributed by atoms with Crippen molar-refractivity contribution in [1.82, 2.24) is 25.2 Å². The van der Waals surface area contributed by atoms with Crippen molar-refractivity contribution in [1.29, 1.82) is 0 Å². The lowest BCUT2D eigenvalue weighted by Crippen LogP contribution is -2.58. The summed E-state index contributed by atoms with van der Waals surface area (Å²) in [5.74, 6) is -0.258. The van der Waals surface area contributed by atoms with Crippen LogP contribution < -0.4 is 14.9 Å². The molecule has 3 aliphatic rings. The SMILES string of the molecule is CCCOC(=O)[C@H](C)NP(=O)(Cc1ccc2sc(C(=O)N[C@H]3C[C@@H](C)CC4CC[C@@H](C(=O)N5CC(c6cnccc6C)C5)N4C3=O)cc2c1)Oc1ccccc1. The van der Waals surface area contributed by atoms with E-state index in [-0.39, 0.29) is 48.4 Å². The fraction of sp³-hybridized carbons (Fsp3) is 0.452. The lowest BCUT2D eigenvalue weighted by atomic mass is 9.89. The molecule has 0 spiro atoms. The van der Waals surface area contributed by atoms with Crippen molar-refractivity contribution in [2.45, 2.75) is 96.0 Å². The molecule has 4 aromatic rings. The number of rotatable bonds is 13. The maximum absolute atomic E-state index is 14.3. The Morgan fingerprint density at radius 2 is 1.84 bits per heavy atom. The zero-order valence-corrected chi connectivity index (χ0v) is 34.0. The van der Waals surface area contributed by atoms with Crippen molar-refractivity contribution in [2.24, 2.45) is 5.92 Å². The van der Waals surface area contributed by atoms with E-state index in [1.165, 1.54) is 11.3 Å². The van der Waals surface area contributed by atoms with E-state index in [0.717, 1.165) is 34.1 Å². The molecule has 3 aliphatic heterocycles. The van der Waals surface area contributed by atoms with E-state index in [0.29, 0.717) is 48.5 Å². The number of thiophene rings is 1. The first-order chi connectivity index (χ1) is 26.9. The Labute approximate surface area is 331 Å². The van der Waals surface area contributed by atoms with Gasteiger partial charge < -0.3 is 24.4 Å². The average molecular weight is 800 g/mol. The summed E-state index contributed by atoms with van der Waals surface area (Å²) in [7, 11) is -3.68. The Bertz CT molecular complexity index is 2140. The summed E-state index contributed by atoms with van der Waals surface area (Å²) >= 11 is 1.31. The van der Waals surface area contributed by atoms with Gasteiger partial charge in [-0.25, -0.2) is 5.09 Å². The molecule has 2 aromatic heterocycles. The minimum Gasteiger partial charge on any atom is -0.465 e. The molecular formula is C42H50N5O7PS. The summed E-state index contributed by atoms with van der Waals surface area (Å²) in [4.78, 5) is 62.8. The highest BCUT2D eigenvalue weighted by molar-refractivity contribution is 7.56. The average Bonchev–Trinajstić information content (AvgIpc) is 3.75. The van der Waals surface area contributed by atoms with E-state index in [9.17, 15) is 23.7 Å². The highest BCUT2D eigenvalue weighted by Gasteiger charge is 2.48. The fourth-order valence-electron chi connectivity index (χ4n) is 8.23. The van der Waals surface area contributed by atoms with Crippen molar-refractivity contribution in [3.05, 3.63) is 94.6 Å². The minimum absolute atomic E-state index is 0.0154. The first-order valence-electron chi connectivity index (χ1n) is 19.5. The molecule has 3 amide bonds.